The lowest BCUT2D eigenvalue weighted by Crippen LogP contribution is -2.46. The average molecular weight is 355 g/mol. The SMILES string of the molecule is CC(C)N(C(=O)CN1C(=O)c2cc(Cl)c(Cl)cc2C1=O)C1CC1. The van der Waals surface area contributed by atoms with Gasteiger partial charge in [-0.2, -0.15) is 0 Å². The highest BCUT2D eigenvalue weighted by Gasteiger charge is 2.40. The minimum atomic E-state index is -0.503. The molecule has 0 N–H and O–H groups in total. The Kier molecular flexibility index (Phi) is 4.10. The molecule has 7 heteroatoms. The largest absolute Gasteiger partial charge is 0.336 e. The minimum absolute atomic E-state index is 0.0362. The second kappa shape index (κ2) is 5.80. The molecule has 122 valence electrons. The Labute approximate surface area is 144 Å². The fourth-order valence-electron chi connectivity index (χ4n) is 2.91. The van der Waals surface area contributed by atoms with Crippen molar-refractivity contribution in [1.29, 1.82) is 0 Å². The molecule has 1 aromatic rings. The van der Waals surface area contributed by atoms with Crippen LogP contribution in [0.15, 0.2) is 12.1 Å². The summed E-state index contributed by atoms with van der Waals surface area (Å²) in [7, 11) is 0. The molecule has 2 aliphatic rings. The van der Waals surface area contributed by atoms with Crippen LogP contribution in [0, 0.1) is 0 Å². The third kappa shape index (κ3) is 2.83. The number of fused-ring (bicyclic) bond motifs is 1. The van der Waals surface area contributed by atoms with Gasteiger partial charge in [0.15, 0.2) is 0 Å². The second-order valence-corrected chi connectivity index (χ2v) is 6.95. The van der Waals surface area contributed by atoms with Crippen LogP contribution >= 0.6 is 23.2 Å². The summed E-state index contributed by atoms with van der Waals surface area (Å²) in [5.41, 5.74) is 0.388. The maximum Gasteiger partial charge on any atom is 0.262 e. The molecule has 0 spiro atoms. The quantitative estimate of drug-likeness (QED) is 0.781. The Balaban J connectivity index is 1.83. The van der Waals surface area contributed by atoms with E-state index < -0.39 is 11.8 Å². The minimum Gasteiger partial charge on any atom is -0.336 e. The van der Waals surface area contributed by atoms with Crippen molar-refractivity contribution in [2.24, 2.45) is 0 Å². The van der Waals surface area contributed by atoms with Gasteiger partial charge in [-0.1, -0.05) is 23.2 Å². The van der Waals surface area contributed by atoms with E-state index in [9.17, 15) is 14.4 Å². The Morgan fingerprint density at radius 2 is 1.65 bits per heavy atom. The zero-order valence-corrected chi connectivity index (χ0v) is 14.3. The van der Waals surface area contributed by atoms with Crippen LogP contribution in [0.2, 0.25) is 10.0 Å². The van der Waals surface area contributed by atoms with Gasteiger partial charge in [0.1, 0.15) is 6.54 Å². The summed E-state index contributed by atoms with van der Waals surface area (Å²) in [6.45, 7) is 3.60. The van der Waals surface area contributed by atoms with E-state index in [1.54, 1.807) is 4.90 Å². The lowest BCUT2D eigenvalue weighted by molar-refractivity contribution is -0.133. The molecule has 1 heterocycles. The molecule has 0 aromatic heterocycles. The van der Waals surface area contributed by atoms with Gasteiger partial charge >= 0.3 is 0 Å². The molecule has 1 fully saturated rings. The molecule has 5 nitrogen and oxygen atoms in total. The summed E-state index contributed by atoms with van der Waals surface area (Å²) in [5.74, 6) is -1.22. The number of rotatable bonds is 4. The number of halogens is 2. The summed E-state index contributed by atoms with van der Waals surface area (Å²) < 4.78 is 0. The summed E-state index contributed by atoms with van der Waals surface area (Å²) in [6, 6.07) is 3.02. The van der Waals surface area contributed by atoms with Crippen LogP contribution in [0.25, 0.3) is 0 Å². The van der Waals surface area contributed by atoms with E-state index in [-0.39, 0.29) is 45.7 Å². The van der Waals surface area contributed by atoms with Crippen LogP contribution < -0.4 is 0 Å². The summed E-state index contributed by atoms with van der Waals surface area (Å²) in [5, 5.41) is 0.420. The van der Waals surface area contributed by atoms with Gasteiger partial charge in [-0.25, -0.2) is 0 Å². The first kappa shape index (κ1) is 16.3. The van der Waals surface area contributed by atoms with Crippen molar-refractivity contribution in [1.82, 2.24) is 9.80 Å². The van der Waals surface area contributed by atoms with Crippen LogP contribution in [0.5, 0.6) is 0 Å². The topological polar surface area (TPSA) is 57.7 Å². The molecule has 3 amide bonds. The first-order valence-corrected chi connectivity index (χ1v) is 8.23. The van der Waals surface area contributed by atoms with E-state index in [0.717, 1.165) is 17.7 Å². The van der Waals surface area contributed by atoms with E-state index >= 15 is 0 Å². The number of carbonyl (C=O) groups is 3. The average Bonchev–Trinajstić information content (AvgIpc) is 3.26. The van der Waals surface area contributed by atoms with Gasteiger partial charge in [0.25, 0.3) is 11.8 Å². The maximum absolute atomic E-state index is 12.5. The van der Waals surface area contributed by atoms with Crippen molar-refractivity contribution in [3.63, 3.8) is 0 Å². The molecule has 0 atom stereocenters. The zero-order valence-electron chi connectivity index (χ0n) is 12.8. The van der Waals surface area contributed by atoms with Crippen LogP contribution in [0.4, 0.5) is 0 Å². The Bertz CT molecular complexity index is 671. The summed E-state index contributed by atoms with van der Waals surface area (Å²) in [6.07, 6.45) is 1.94. The van der Waals surface area contributed by atoms with Gasteiger partial charge < -0.3 is 4.90 Å². The van der Waals surface area contributed by atoms with Crippen molar-refractivity contribution in [3.05, 3.63) is 33.3 Å². The van der Waals surface area contributed by atoms with Crippen LogP contribution in [-0.2, 0) is 4.79 Å². The van der Waals surface area contributed by atoms with Gasteiger partial charge in [0.2, 0.25) is 5.91 Å². The highest BCUT2D eigenvalue weighted by Crippen LogP contribution is 2.32. The van der Waals surface area contributed by atoms with Crippen LogP contribution in [0.3, 0.4) is 0 Å². The van der Waals surface area contributed by atoms with E-state index in [4.69, 9.17) is 23.2 Å². The highest BCUT2D eigenvalue weighted by atomic mass is 35.5. The first-order chi connectivity index (χ1) is 10.8. The van der Waals surface area contributed by atoms with E-state index in [1.807, 2.05) is 13.8 Å². The normalized spacial score (nSPS) is 17.0. The lowest BCUT2D eigenvalue weighted by atomic mass is 10.1. The van der Waals surface area contributed by atoms with Crippen LogP contribution in [0.1, 0.15) is 47.4 Å². The molecule has 1 aliphatic heterocycles. The standard InChI is InChI=1S/C16H16Cl2N2O3/c1-8(2)20(9-3-4-9)14(21)7-19-15(22)10-5-12(17)13(18)6-11(10)16(19)23/h5-6,8-9H,3-4,7H2,1-2H3. The second-order valence-electron chi connectivity index (χ2n) is 6.13. The van der Waals surface area contributed by atoms with Crippen molar-refractivity contribution in [2.75, 3.05) is 6.54 Å². The molecule has 0 unspecified atom stereocenters. The molecule has 3 rings (SSSR count). The molecule has 1 saturated carbocycles. The first-order valence-electron chi connectivity index (χ1n) is 7.47. The monoisotopic (exact) mass is 354 g/mol. The van der Waals surface area contributed by atoms with Crippen molar-refractivity contribution >= 4 is 40.9 Å². The van der Waals surface area contributed by atoms with Crippen LogP contribution in [-0.4, -0.2) is 46.1 Å². The summed E-state index contributed by atoms with van der Waals surface area (Å²) >= 11 is 11.8. The van der Waals surface area contributed by atoms with Gasteiger partial charge in [-0.15, -0.1) is 0 Å². The summed E-state index contributed by atoms with van der Waals surface area (Å²) in [4.78, 5) is 40.1. The molecule has 0 radical (unpaired) electrons. The number of nitrogens with zero attached hydrogens (tertiary/aromatic N) is 2. The number of carbonyl (C=O) groups excluding carboxylic acids is 3. The van der Waals surface area contributed by atoms with Crippen molar-refractivity contribution in [3.8, 4) is 0 Å². The molecule has 0 saturated heterocycles. The molecule has 1 aliphatic carbocycles. The number of imide groups is 1. The van der Waals surface area contributed by atoms with E-state index in [1.165, 1.54) is 12.1 Å². The van der Waals surface area contributed by atoms with Gasteiger partial charge in [-0.3, -0.25) is 19.3 Å². The van der Waals surface area contributed by atoms with Crippen molar-refractivity contribution < 1.29 is 14.4 Å². The molecule has 23 heavy (non-hydrogen) atoms. The highest BCUT2D eigenvalue weighted by molar-refractivity contribution is 6.43. The zero-order chi connectivity index (χ0) is 16.9. The number of benzene rings is 1. The Hall–Kier alpha value is -1.59. The molecule has 1 aromatic carbocycles. The fraction of sp³-hybridized carbons (Fsp3) is 0.438. The third-order valence-corrected chi connectivity index (χ3v) is 4.81. The Morgan fingerprint density at radius 3 is 2.04 bits per heavy atom. The van der Waals surface area contributed by atoms with Gasteiger partial charge in [0, 0.05) is 12.1 Å². The molecular formula is C16H16Cl2N2O3. The number of hydrogen-bond donors (Lipinski definition) is 0. The smallest absolute Gasteiger partial charge is 0.262 e. The lowest BCUT2D eigenvalue weighted by Gasteiger charge is -2.28. The third-order valence-electron chi connectivity index (χ3n) is 4.09. The predicted molar refractivity (Wildman–Crippen MR) is 86.8 cm³/mol. The number of hydrogen-bond acceptors (Lipinski definition) is 3. The van der Waals surface area contributed by atoms with Gasteiger partial charge in [0.05, 0.1) is 21.2 Å². The maximum atomic E-state index is 12.5. The van der Waals surface area contributed by atoms with E-state index in [0.29, 0.717) is 0 Å². The van der Waals surface area contributed by atoms with Crippen molar-refractivity contribution in [2.45, 2.75) is 38.8 Å². The predicted octanol–water partition coefficient (Wildman–Crippen LogP) is 2.99. The Morgan fingerprint density at radius 1 is 1.17 bits per heavy atom. The fourth-order valence-corrected chi connectivity index (χ4v) is 3.24. The molecule has 0 bridgehead atoms. The van der Waals surface area contributed by atoms with E-state index in [2.05, 4.69) is 0 Å². The number of amides is 3. The van der Waals surface area contributed by atoms with Gasteiger partial charge in [-0.05, 0) is 38.8 Å². The molecular weight excluding hydrogens is 339 g/mol.